The van der Waals surface area contributed by atoms with E-state index in [1.807, 2.05) is 6.92 Å². The molecule has 1 N–H and O–H groups in total. The summed E-state index contributed by atoms with van der Waals surface area (Å²) in [5.41, 5.74) is 1.54. The number of phenolic OH excluding ortho intramolecular Hbond substituents is 1. The van der Waals surface area contributed by atoms with Gasteiger partial charge in [-0.15, -0.1) is 11.0 Å². The van der Waals surface area contributed by atoms with Crippen LogP contribution in [0.2, 0.25) is 0 Å². The van der Waals surface area contributed by atoms with Crippen molar-refractivity contribution in [3.8, 4) is 11.5 Å². The average molecular weight is 445 g/mol. The van der Waals surface area contributed by atoms with E-state index in [1.165, 1.54) is 36.3 Å². The van der Waals surface area contributed by atoms with Gasteiger partial charge in [0.25, 0.3) is 15.9 Å². The van der Waals surface area contributed by atoms with Crippen LogP contribution in [0.5, 0.6) is 11.5 Å². The van der Waals surface area contributed by atoms with E-state index in [9.17, 15) is 18.3 Å². The summed E-state index contributed by atoms with van der Waals surface area (Å²) in [5.74, 6) is -0.145. The summed E-state index contributed by atoms with van der Waals surface area (Å²) in [7, 11) is -2.56. The minimum Gasteiger partial charge on any atom is -0.504 e. The zero-order chi connectivity index (χ0) is 21.9. The molecule has 1 aliphatic rings. The van der Waals surface area contributed by atoms with Crippen molar-refractivity contribution in [2.75, 3.05) is 13.7 Å². The molecule has 1 amide bonds. The van der Waals surface area contributed by atoms with Gasteiger partial charge in [0.1, 0.15) is 0 Å². The summed E-state index contributed by atoms with van der Waals surface area (Å²) < 4.78 is 34.4. The number of carbonyl (C=O) groups is 1. The maximum Gasteiger partial charge on any atom is 0.284 e. The van der Waals surface area contributed by atoms with Gasteiger partial charge in [0.15, 0.2) is 16.7 Å². The number of hydrogen-bond donors (Lipinski definition) is 1. The number of methoxy groups -OCH3 is 1. The Hall–Kier alpha value is -3.04. The Balaban J connectivity index is 1.99. The second-order valence-corrected chi connectivity index (χ2v) is 9.02. The van der Waals surface area contributed by atoms with Gasteiger partial charge >= 0.3 is 0 Å². The molecule has 1 aliphatic heterocycles. The summed E-state index contributed by atoms with van der Waals surface area (Å²) in [6.45, 7) is 5.60. The van der Waals surface area contributed by atoms with Crippen molar-refractivity contribution >= 4 is 38.9 Å². The smallest absolute Gasteiger partial charge is 0.284 e. The first-order chi connectivity index (χ1) is 14.2. The molecule has 0 bridgehead atoms. The van der Waals surface area contributed by atoms with Gasteiger partial charge in [0, 0.05) is 6.54 Å². The van der Waals surface area contributed by atoms with E-state index in [0.29, 0.717) is 10.5 Å². The van der Waals surface area contributed by atoms with E-state index in [1.54, 1.807) is 30.3 Å². The monoisotopic (exact) mass is 444 g/mol. The quantitative estimate of drug-likeness (QED) is 0.541. The zero-order valence-corrected chi connectivity index (χ0v) is 18.0. The van der Waals surface area contributed by atoms with E-state index in [-0.39, 0.29) is 34.0 Å². The molecule has 0 aliphatic carbocycles. The van der Waals surface area contributed by atoms with Gasteiger partial charge in [-0.05, 0) is 54.6 Å². The number of nitrogens with zero attached hydrogens (tertiary/aromatic N) is 2. The van der Waals surface area contributed by atoms with Crippen LogP contribution in [0.15, 0.2) is 69.3 Å². The normalized spacial score (nSPS) is 17.0. The van der Waals surface area contributed by atoms with Gasteiger partial charge < -0.3 is 9.84 Å². The number of aryl methyl sites for hydroxylation is 1. The minimum absolute atomic E-state index is 0.0234. The van der Waals surface area contributed by atoms with Crippen molar-refractivity contribution in [2.24, 2.45) is 4.40 Å². The lowest BCUT2D eigenvalue weighted by atomic mass is 10.2. The largest absolute Gasteiger partial charge is 0.504 e. The van der Waals surface area contributed by atoms with Gasteiger partial charge in [-0.1, -0.05) is 29.8 Å². The fourth-order valence-corrected chi connectivity index (χ4v) is 4.86. The molecule has 0 spiro atoms. The number of amides is 1. The van der Waals surface area contributed by atoms with Crippen LogP contribution in [0, 0.1) is 6.92 Å². The third-order valence-corrected chi connectivity index (χ3v) is 6.62. The van der Waals surface area contributed by atoms with Crippen molar-refractivity contribution in [1.29, 1.82) is 0 Å². The molecule has 0 radical (unpaired) electrons. The SMILES string of the molecule is C=CCN1C(=O)/C(=C/c2ccc(O)c(OC)c2)S/C1=N/S(=O)(=O)c1ccc(C)cc1. The Labute approximate surface area is 179 Å². The highest BCUT2D eigenvalue weighted by atomic mass is 32.2. The molecule has 0 saturated carbocycles. The first-order valence-corrected chi connectivity index (χ1v) is 11.1. The second-order valence-electron chi connectivity index (χ2n) is 6.41. The number of thioether (sulfide) groups is 1. The molecule has 3 rings (SSSR count). The summed E-state index contributed by atoms with van der Waals surface area (Å²) in [6.07, 6.45) is 3.09. The molecule has 2 aromatic rings. The zero-order valence-electron chi connectivity index (χ0n) is 16.4. The number of benzene rings is 2. The van der Waals surface area contributed by atoms with Crippen molar-refractivity contribution in [1.82, 2.24) is 4.90 Å². The lowest BCUT2D eigenvalue weighted by molar-refractivity contribution is -0.121. The molecule has 2 aromatic carbocycles. The molecule has 0 aromatic heterocycles. The molecule has 9 heteroatoms. The predicted molar refractivity (Wildman–Crippen MR) is 118 cm³/mol. The van der Waals surface area contributed by atoms with Crippen LogP contribution < -0.4 is 4.74 Å². The molecule has 0 unspecified atom stereocenters. The van der Waals surface area contributed by atoms with Crippen molar-refractivity contribution in [2.45, 2.75) is 11.8 Å². The topological polar surface area (TPSA) is 96.3 Å². The molecular weight excluding hydrogens is 424 g/mol. The molecule has 1 heterocycles. The highest BCUT2D eigenvalue weighted by Crippen LogP contribution is 2.35. The Morgan fingerprint density at radius 3 is 2.57 bits per heavy atom. The van der Waals surface area contributed by atoms with E-state index in [2.05, 4.69) is 11.0 Å². The molecule has 30 heavy (non-hydrogen) atoms. The van der Waals surface area contributed by atoms with Crippen molar-refractivity contribution < 1.29 is 23.1 Å². The number of rotatable bonds is 6. The number of carbonyl (C=O) groups excluding carboxylic acids is 1. The molecule has 0 atom stereocenters. The van der Waals surface area contributed by atoms with Crippen LogP contribution in [-0.4, -0.2) is 43.2 Å². The summed E-state index contributed by atoms with van der Waals surface area (Å²) >= 11 is 0.961. The van der Waals surface area contributed by atoms with E-state index >= 15 is 0 Å². The maximum absolute atomic E-state index is 12.8. The van der Waals surface area contributed by atoms with Gasteiger partial charge in [0.05, 0.1) is 16.9 Å². The molecule has 1 saturated heterocycles. The molecule has 1 fully saturated rings. The van der Waals surface area contributed by atoms with Gasteiger partial charge in [0.2, 0.25) is 0 Å². The number of hydrogen-bond acceptors (Lipinski definition) is 6. The average Bonchev–Trinajstić information content (AvgIpc) is 2.98. The van der Waals surface area contributed by atoms with Crippen molar-refractivity contribution in [3.63, 3.8) is 0 Å². The summed E-state index contributed by atoms with van der Waals surface area (Å²) in [6, 6.07) is 11.0. The Morgan fingerprint density at radius 2 is 1.93 bits per heavy atom. The number of ether oxygens (including phenoxy) is 1. The predicted octanol–water partition coefficient (Wildman–Crippen LogP) is 3.56. The van der Waals surface area contributed by atoms with Crippen LogP contribution >= 0.6 is 11.8 Å². The molecular formula is C21H20N2O5S2. The fourth-order valence-electron chi connectivity index (χ4n) is 2.67. The maximum atomic E-state index is 12.8. The lowest BCUT2D eigenvalue weighted by Gasteiger charge is -2.12. The number of aromatic hydroxyl groups is 1. The second kappa shape index (κ2) is 8.76. The molecule has 7 nitrogen and oxygen atoms in total. The lowest BCUT2D eigenvalue weighted by Crippen LogP contribution is -2.29. The first-order valence-electron chi connectivity index (χ1n) is 8.86. The van der Waals surface area contributed by atoms with Gasteiger partial charge in [-0.3, -0.25) is 9.69 Å². The van der Waals surface area contributed by atoms with Crippen molar-refractivity contribution in [3.05, 3.63) is 71.2 Å². The standard InChI is InChI=1S/C21H20N2O5S2/c1-4-11-23-20(25)19(13-15-7-10-17(24)18(12-15)28-3)29-21(23)22-30(26,27)16-8-5-14(2)6-9-16/h4-10,12-13,24H,1,11H2,2-3H3/b19-13-,22-21+. The summed E-state index contributed by atoms with van der Waals surface area (Å²) in [5, 5.41) is 9.79. The van der Waals surface area contributed by atoms with E-state index in [4.69, 9.17) is 4.74 Å². The van der Waals surface area contributed by atoms with Crippen LogP contribution in [0.25, 0.3) is 6.08 Å². The number of phenols is 1. The third-order valence-electron chi connectivity index (χ3n) is 4.22. The van der Waals surface area contributed by atoms with Gasteiger partial charge in [-0.25, -0.2) is 0 Å². The van der Waals surface area contributed by atoms with Crippen LogP contribution in [-0.2, 0) is 14.8 Å². The third kappa shape index (κ3) is 4.58. The van der Waals surface area contributed by atoms with E-state index < -0.39 is 10.0 Å². The fraction of sp³-hybridized carbons (Fsp3) is 0.143. The molecule has 156 valence electrons. The Kier molecular flexibility index (Phi) is 6.33. The van der Waals surface area contributed by atoms with Crippen LogP contribution in [0.1, 0.15) is 11.1 Å². The Bertz CT molecular complexity index is 1150. The van der Waals surface area contributed by atoms with E-state index in [0.717, 1.165) is 17.3 Å². The number of amidine groups is 1. The van der Waals surface area contributed by atoms with Crippen LogP contribution in [0.4, 0.5) is 0 Å². The Morgan fingerprint density at radius 1 is 1.23 bits per heavy atom. The van der Waals surface area contributed by atoms with Crippen LogP contribution in [0.3, 0.4) is 0 Å². The highest BCUT2D eigenvalue weighted by molar-refractivity contribution is 8.19. The highest BCUT2D eigenvalue weighted by Gasteiger charge is 2.34. The first kappa shape index (κ1) is 21.7. The number of sulfonamides is 1. The minimum atomic E-state index is -3.99. The summed E-state index contributed by atoms with van der Waals surface area (Å²) in [4.78, 5) is 14.4. The van der Waals surface area contributed by atoms with Gasteiger partial charge in [-0.2, -0.15) is 8.42 Å².